The van der Waals surface area contributed by atoms with Gasteiger partial charge in [-0.05, 0) is 42.9 Å². The third-order valence-corrected chi connectivity index (χ3v) is 6.86. The lowest BCUT2D eigenvalue weighted by Gasteiger charge is -2.17. The molecule has 3 heterocycles. The van der Waals surface area contributed by atoms with E-state index < -0.39 is 0 Å². The number of thioether (sulfide) groups is 1. The molecule has 7 heteroatoms. The Morgan fingerprint density at radius 2 is 2.29 bits per heavy atom. The molecule has 1 atom stereocenters. The highest BCUT2D eigenvalue weighted by molar-refractivity contribution is 7.98. The van der Waals surface area contributed by atoms with Crippen LogP contribution in [0.25, 0.3) is 10.2 Å². The molecule has 24 heavy (non-hydrogen) atoms. The van der Waals surface area contributed by atoms with Crippen LogP contribution in [-0.4, -0.2) is 15.0 Å². The van der Waals surface area contributed by atoms with Crippen molar-refractivity contribution in [2.45, 2.75) is 37.0 Å². The predicted molar refractivity (Wildman–Crippen MR) is 102 cm³/mol. The van der Waals surface area contributed by atoms with Crippen molar-refractivity contribution in [1.29, 1.82) is 0 Å². The van der Waals surface area contributed by atoms with Crippen LogP contribution in [-0.2, 0) is 18.6 Å². The van der Waals surface area contributed by atoms with Crippen LogP contribution in [0.5, 0.6) is 0 Å². The molecule has 1 aliphatic rings. The Hall–Kier alpha value is -1.37. The van der Waals surface area contributed by atoms with Gasteiger partial charge in [0.05, 0.1) is 16.2 Å². The summed E-state index contributed by atoms with van der Waals surface area (Å²) >= 11 is 9.46. The highest BCUT2D eigenvalue weighted by Gasteiger charge is 2.23. The van der Waals surface area contributed by atoms with E-state index in [9.17, 15) is 0 Å². The highest BCUT2D eigenvalue weighted by atomic mass is 35.5. The Kier molecular flexibility index (Phi) is 4.37. The molecule has 2 N–H and O–H groups in total. The number of thiophene rings is 1. The minimum atomic E-state index is 0.606. The number of hydrogen-bond donors (Lipinski definition) is 1. The van der Waals surface area contributed by atoms with Crippen molar-refractivity contribution in [3.8, 4) is 0 Å². The number of nitrogens with zero attached hydrogens (tertiary/aromatic N) is 3. The zero-order valence-electron chi connectivity index (χ0n) is 13.3. The fraction of sp³-hybridized carbons (Fsp3) is 0.353. The van der Waals surface area contributed by atoms with Crippen LogP contribution in [0.4, 0.5) is 5.82 Å². The summed E-state index contributed by atoms with van der Waals surface area (Å²) in [6, 6.07) is 3.66. The maximum atomic E-state index is 6.26. The van der Waals surface area contributed by atoms with Crippen LogP contribution < -0.4 is 5.73 Å². The predicted octanol–water partition coefficient (Wildman–Crippen LogP) is 4.74. The summed E-state index contributed by atoms with van der Waals surface area (Å²) in [7, 11) is 0. The van der Waals surface area contributed by atoms with Gasteiger partial charge >= 0.3 is 0 Å². The van der Waals surface area contributed by atoms with Crippen molar-refractivity contribution in [2.24, 2.45) is 5.92 Å². The summed E-state index contributed by atoms with van der Waals surface area (Å²) in [5.74, 6) is 2.68. The van der Waals surface area contributed by atoms with Crippen molar-refractivity contribution in [3.63, 3.8) is 0 Å². The lowest BCUT2D eigenvalue weighted by atomic mass is 9.89. The molecule has 3 aromatic heterocycles. The second-order valence-corrected chi connectivity index (χ2v) is 8.59. The zero-order valence-corrected chi connectivity index (χ0v) is 15.6. The third-order valence-electron chi connectivity index (χ3n) is 4.29. The summed E-state index contributed by atoms with van der Waals surface area (Å²) in [6.45, 7) is 2.31. The fourth-order valence-electron chi connectivity index (χ4n) is 3.09. The van der Waals surface area contributed by atoms with E-state index in [0.717, 1.165) is 39.8 Å². The van der Waals surface area contributed by atoms with Crippen molar-refractivity contribution in [1.82, 2.24) is 15.0 Å². The number of rotatable bonds is 3. The monoisotopic (exact) mass is 376 g/mol. The van der Waals surface area contributed by atoms with Crippen LogP contribution in [0.15, 0.2) is 23.4 Å². The van der Waals surface area contributed by atoms with E-state index >= 15 is 0 Å². The number of nitrogen functional groups attached to an aromatic ring is 1. The smallest absolute Gasteiger partial charge is 0.142 e. The lowest BCUT2D eigenvalue weighted by molar-refractivity contribution is 0.509. The molecular weight excluding hydrogens is 360 g/mol. The molecule has 0 aliphatic heterocycles. The van der Waals surface area contributed by atoms with Gasteiger partial charge in [0.1, 0.15) is 21.5 Å². The van der Waals surface area contributed by atoms with Gasteiger partial charge in [-0.2, -0.15) is 0 Å². The molecule has 4 nitrogen and oxygen atoms in total. The molecule has 4 rings (SSSR count). The van der Waals surface area contributed by atoms with Crippen molar-refractivity contribution >= 4 is 50.7 Å². The molecule has 3 aromatic rings. The van der Waals surface area contributed by atoms with E-state index in [1.165, 1.54) is 28.6 Å². The zero-order chi connectivity index (χ0) is 16.7. The van der Waals surface area contributed by atoms with Crippen molar-refractivity contribution < 1.29 is 0 Å². The quantitative estimate of drug-likeness (QED) is 0.669. The van der Waals surface area contributed by atoms with Crippen molar-refractivity contribution in [3.05, 3.63) is 39.6 Å². The Bertz CT molecular complexity index is 909. The lowest BCUT2D eigenvalue weighted by Crippen LogP contribution is -2.09. The number of anilines is 1. The molecular formula is C17H17ClN4S2. The molecule has 0 saturated carbocycles. The third kappa shape index (κ3) is 2.98. The molecule has 0 bridgehead atoms. The Morgan fingerprint density at radius 1 is 1.42 bits per heavy atom. The van der Waals surface area contributed by atoms with Gasteiger partial charge in [0.25, 0.3) is 0 Å². The van der Waals surface area contributed by atoms with Gasteiger partial charge in [-0.1, -0.05) is 30.3 Å². The van der Waals surface area contributed by atoms with Gasteiger partial charge in [-0.15, -0.1) is 11.3 Å². The summed E-state index contributed by atoms with van der Waals surface area (Å²) in [4.78, 5) is 16.0. The molecule has 0 amide bonds. The first-order valence-corrected chi connectivity index (χ1v) is 10.1. The maximum absolute atomic E-state index is 6.26. The van der Waals surface area contributed by atoms with E-state index in [1.54, 1.807) is 17.5 Å². The van der Waals surface area contributed by atoms with Gasteiger partial charge in [-0.25, -0.2) is 15.0 Å². The normalized spacial score (nSPS) is 17.2. The first-order chi connectivity index (χ1) is 11.6. The first kappa shape index (κ1) is 16.1. The molecule has 1 unspecified atom stereocenters. The Morgan fingerprint density at radius 3 is 3.12 bits per heavy atom. The number of aromatic nitrogens is 3. The molecule has 124 valence electrons. The van der Waals surface area contributed by atoms with Gasteiger partial charge in [0.2, 0.25) is 0 Å². The van der Waals surface area contributed by atoms with Crippen LogP contribution >= 0.6 is 34.7 Å². The van der Waals surface area contributed by atoms with Gasteiger partial charge in [0, 0.05) is 11.1 Å². The molecule has 0 radical (unpaired) electrons. The second kappa shape index (κ2) is 6.50. The Balaban J connectivity index is 1.64. The van der Waals surface area contributed by atoms with Crippen molar-refractivity contribution in [2.75, 3.05) is 5.73 Å². The largest absolute Gasteiger partial charge is 0.383 e. The number of pyridine rings is 1. The Labute approximate surface area is 153 Å². The van der Waals surface area contributed by atoms with E-state index in [-0.39, 0.29) is 0 Å². The minimum absolute atomic E-state index is 0.606. The van der Waals surface area contributed by atoms with E-state index in [0.29, 0.717) is 16.6 Å². The topological polar surface area (TPSA) is 64.7 Å². The van der Waals surface area contributed by atoms with Gasteiger partial charge in [-0.3, -0.25) is 0 Å². The summed E-state index contributed by atoms with van der Waals surface area (Å²) in [5.41, 5.74) is 7.64. The summed E-state index contributed by atoms with van der Waals surface area (Å²) in [5, 5.41) is 2.52. The van der Waals surface area contributed by atoms with Crippen LogP contribution in [0, 0.1) is 5.92 Å². The first-order valence-electron chi connectivity index (χ1n) is 7.91. The summed E-state index contributed by atoms with van der Waals surface area (Å²) in [6.07, 6.45) is 5.17. The average molecular weight is 377 g/mol. The van der Waals surface area contributed by atoms with E-state index in [1.807, 2.05) is 12.1 Å². The summed E-state index contributed by atoms with van der Waals surface area (Å²) < 4.78 is 0. The molecule has 0 aromatic carbocycles. The fourth-order valence-corrected chi connectivity index (χ4v) is 5.52. The SMILES string of the molecule is CC1CCc2c(sc3nc(CSc4ncccc4Cl)nc(N)c23)C1. The van der Waals surface area contributed by atoms with Crippen LogP contribution in [0.2, 0.25) is 5.02 Å². The number of hydrogen-bond acceptors (Lipinski definition) is 6. The molecule has 0 saturated heterocycles. The number of aryl methyl sites for hydroxylation is 1. The van der Waals surface area contributed by atoms with E-state index in [4.69, 9.17) is 22.3 Å². The van der Waals surface area contributed by atoms with Crippen LogP contribution in [0.1, 0.15) is 29.6 Å². The second-order valence-electron chi connectivity index (χ2n) is 6.14. The minimum Gasteiger partial charge on any atom is -0.383 e. The van der Waals surface area contributed by atoms with Crippen LogP contribution in [0.3, 0.4) is 0 Å². The molecule has 0 spiro atoms. The number of halogens is 1. The van der Waals surface area contributed by atoms with Gasteiger partial charge < -0.3 is 5.73 Å². The number of nitrogens with two attached hydrogens (primary N) is 1. The standard InChI is InChI=1S/C17H17ClN4S2/c1-9-4-5-10-12(7-9)24-17-14(10)15(19)21-13(22-17)8-23-16-11(18)3-2-6-20-16/h2-3,6,9H,4-5,7-8H2,1H3,(H2,19,21,22). The molecule has 1 aliphatic carbocycles. The van der Waals surface area contributed by atoms with Gasteiger partial charge in [0.15, 0.2) is 0 Å². The maximum Gasteiger partial charge on any atom is 0.142 e. The highest BCUT2D eigenvalue weighted by Crippen LogP contribution is 2.39. The number of fused-ring (bicyclic) bond motifs is 3. The average Bonchev–Trinajstić information content (AvgIpc) is 2.91. The van der Waals surface area contributed by atoms with E-state index in [2.05, 4.69) is 16.9 Å². The molecule has 0 fully saturated rings.